The first-order valence-corrected chi connectivity index (χ1v) is 9.55. The van der Waals surface area contributed by atoms with Crippen LogP contribution < -0.4 is 15.8 Å². The number of hydrogen-bond donors (Lipinski definition) is 2. The summed E-state index contributed by atoms with van der Waals surface area (Å²) in [6.45, 7) is 3.82. The Balaban J connectivity index is 2.08. The zero-order valence-corrected chi connectivity index (χ0v) is 17.8. The minimum Gasteiger partial charge on any atom is -0.496 e. The van der Waals surface area contributed by atoms with Crippen molar-refractivity contribution in [3.63, 3.8) is 0 Å². The second kappa shape index (κ2) is 7.29. The van der Waals surface area contributed by atoms with Crippen LogP contribution >= 0.6 is 31.9 Å². The predicted molar refractivity (Wildman–Crippen MR) is 114 cm³/mol. The summed E-state index contributed by atoms with van der Waals surface area (Å²) in [5.41, 5.74) is 9.63. The Hall–Kier alpha value is -2.05. The minimum atomic E-state index is -0.234. The van der Waals surface area contributed by atoms with Crippen molar-refractivity contribution in [1.29, 1.82) is 0 Å². The van der Waals surface area contributed by atoms with E-state index in [1.54, 1.807) is 7.11 Å². The van der Waals surface area contributed by atoms with E-state index in [-0.39, 0.29) is 5.91 Å². The first-order valence-electron chi connectivity index (χ1n) is 7.97. The summed E-state index contributed by atoms with van der Waals surface area (Å²) in [4.78, 5) is 13.0. The largest absolute Gasteiger partial charge is 0.496 e. The van der Waals surface area contributed by atoms with E-state index in [2.05, 4.69) is 37.2 Å². The molecule has 3 aromatic carbocycles. The molecular formula is C20H18Br2N2O2. The lowest BCUT2D eigenvalue weighted by Gasteiger charge is -2.18. The van der Waals surface area contributed by atoms with Crippen LogP contribution in [0.5, 0.6) is 5.75 Å². The summed E-state index contributed by atoms with van der Waals surface area (Å²) in [7, 11) is 1.56. The third-order valence-corrected chi connectivity index (χ3v) is 6.48. The Bertz CT molecular complexity index is 1000. The van der Waals surface area contributed by atoms with Crippen molar-refractivity contribution in [2.45, 2.75) is 13.8 Å². The van der Waals surface area contributed by atoms with E-state index in [1.165, 1.54) is 0 Å². The summed E-state index contributed by atoms with van der Waals surface area (Å²) in [6, 6.07) is 11.6. The number of nitrogen functional groups attached to an aromatic ring is 1. The number of anilines is 2. The molecule has 0 bridgehead atoms. The molecule has 134 valence electrons. The van der Waals surface area contributed by atoms with E-state index >= 15 is 0 Å². The van der Waals surface area contributed by atoms with E-state index in [0.717, 1.165) is 36.5 Å². The molecule has 0 unspecified atom stereocenters. The Morgan fingerprint density at radius 1 is 1.04 bits per heavy atom. The van der Waals surface area contributed by atoms with E-state index < -0.39 is 0 Å². The molecule has 0 heterocycles. The summed E-state index contributed by atoms with van der Waals surface area (Å²) in [5.74, 6) is 0.299. The van der Waals surface area contributed by atoms with Gasteiger partial charge in [-0.15, -0.1) is 0 Å². The highest BCUT2D eigenvalue weighted by atomic mass is 79.9. The molecule has 6 heteroatoms. The molecule has 0 spiro atoms. The Morgan fingerprint density at radius 2 is 1.58 bits per heavy atom. The van der Waals surface area contributed by atoms with Gasteiger partial charge in [-0.25, -0.2) is 0 Å². The van der Waals surface area contributed by atoms with E-state index in [4.69, 9.17) is 10.5 Å². The maximum absolute atomic E-state index is 13.0. The van der Waals surface area contributed by atoms with Gasteiger partial charge in [0.25, 0.3) is 5.91 Å². The number of nitrogens with two attached hydrogens (primary N) is 1. The van der Waals surface area contributed by atoms with Gasteiger partial charge in [0.15, 0.2) is 0 Å². The third-order valence-electron chi connectivity index (χ3n) is 4.43. The fraction of sp³-hybridized carbons (Fsp3) is 0.150. The molecule has 0 aliphatic rings. The molecule has 0 aromatic heterocycles. The van der Waals surface area contributed by atoms with Crippen molar-refractivity contribution in [2.75, 3.05) is 18.2 Å². The number of carbonyl (C=O) groups is 1. The Kier molecular flexibility index (Phi) is 5.25. The van der Waals surface area contributed by atoms with Gasteiger partial charge in [0.1, 0.15) is 5.75 Å². The van der Waals surface area contributed by atoms with Gasteiger partial charge in [-0.05, 0) is 79.7 Å². The molecule has 3 N–H and O–H groups in total. The van der Waals surface area contributed by atoms with Crippen molar-refractivity contribution in [2.24, 2.45) is 0 Å². The number of amides is 1. The molecule has 3 rings (SSSR count). The number of rotatable bonds is 3. The molecule has 0 aliphatic carbocycles. The number of halogens is 2. The molecular weight excluding hydrogens is 460 g/mol. The SMILES string of the molecule is COc1cc2ccccc2cc1C(=O)Nc1c(C)c(Br)c(N)c(Br)c1C. The normalized spacial score (nSPS) is 10.8. The molecule has 3 aromatic rings. The number of carbonyl (C=O) groups excluding carboxylic acids is 1. The highest BCUT2D eigenvalue weighted by molar-refractivity contribution is 9.11. The Morgan fingerprint density at radius 3 is 2.12 bits per heavy atom. The first-order chi connectivity index (χ1) is 12.3. The number of nitrogens with one attached hydrogen (secondary N) is 1. The molecule has 0 atom stereocenters. The highest BCUT2D eigenvalue weighted by Gasteiger charge is 2.19. The second-order valence-corrected chi connectivity index (χ2v) is 7.61. The van der Waals surface area contributed by atoms with Crippen molar-refractivity contribution >= 4 is 59.9 Å². The van der Waals surface area contributed by atoms with Crippen LogP contribution in [0.2, 0.25) is 0 Å². The zero-order chi connectivity index (χ0) is 19.0. The monoisotopic (exact) mass is 476 g/mol. The molecule has 1 amide bonds. The second-order valence-electron chi connectivity index (χ2n) is 6.02. The van der Waals surface area contributed by atoms with Crippen LogP contribution in [0.25, 0.3) is 10.8 Å². The van der Waals surface area contributed by atoms with Gasteiger partial charge in [0.2, 0.25) is 0 Å². The van der Waals surface area contributed by atoms with Crippen LogP contribution in [0.1, 0.15) is 21.5 Å². The quantitative estimate of drug-likeness (QED) is 0.466. The van der Waals surface area contributed by atoms with Gasteiger partial charge < -0.3 is 15.8 Å². The lowest BCUT2D eigenvalue weighted by atomic mass is 10.0. The number of ether oxygens (including phenoxy) is 1. The molecule has 0 saturated carbocycles. The van der Waals surface area contributed by atoms with Crippen molar-refractivity contribution in [1.82, 2.24) is 0 Å². The number of hydrogen-bond acceptors (Lipinski definition) is 3. The Labute approximate surface area is 169 Å². The van der Waals surface area contributed by atoms with Crippen LogP contribution in [0.15, 0.2) is 45.3 Å². The van der Waals surface area contributed by atoms with Gasteiger partial charge in [-0.1, -0.05) is 24.3 Å². The summed E-state index contributed by atoms with van der Waals surface area (Å²) in [5, 5.41) is 5.01. The van der Waals surface area contributed by atoms with Crippen LogP contribution in [0.3, 0.4) is 0 Å². The van der Waals surface area contributed by atoms with Gasteiger partial charge in [0.05, 0.1) is 18.4 Å². The number of benzene rings is 3. The molecule has 0 aliphatic heterocycles. The van der Waals surface area contributed by atoms with Crippen LogP contribution in [0.4, 0.5) is 11.4 Å². The maximum Gasteiger partial charge on any atom is 0.259 e. The minimum absolute atomic E-state index is 0.234. The lowest BCUT2D eigenvalue weighted by Crippen LogP contribution is -2.16. The van der Waals surface area contributed by atoms with Crippen molar-refractivity contribution in [3.05, 3.63) is 62.0 Å². The van der Waals surface area contributed by atoms with Gasteiger partial charge in [-0.2, -0.15) is 0 Å². The smallest absolute Gasteiger partial charge is 0.259 e. The molecule has 0 saturated heterocycles. The summed E-state index contributed by atoms with van der Waals surface area (Å²) < 4.78 is 6.96. The fourth-order valence-electron chi connectivity index (χ4n) is 2.94. The predicted octanol–water partition coefficient (Wildman–Crippen LogP) is 5.82. The third kappa shape index (κ3) is 3.19. The summed E-state index contributed by atoms with van der Waals surface area (Å²) >= 11 is 6.98. The average molecular weight is 478 g/mol. The standard InChI is InChI=1S/C20H18Br2N2O2/c1-10-16(21)18(23)17(22)11(2)19(10)24-20(25)14-8-12-6-4-5-7-13(12)9-15(14)26-3/h4-9H,23H2,1-3H3,(H,24,25). The molecule has 0 fully saturated rings. The molecule has 0 radical (unpaired) electrons. The van der Waals surface area contributed by atoms with E-state index in [1.807, 2.05) is 50.2 Å². The summed E-state index contributed by atoms with van der Waals surface area (Å²) in [6.07, 6.45) is 0. The van der Waals surface area contributed by atoms with Crippen LogP contribution in [0, 0.1) is 13.8 Å². The average Bonchev–Trinajstić information content (AvgIpc) is 2.66. The molecule has 4 nitrogen and oxygen atoms in total. The van der Waals surface area contributed by atoms with Crippen molar-refractivity contribution < 1.29 is 9.53 Å². The zero-order valence-electron chi connectivity index (χ0n) is 14.6. The maximum atomic E-state index is 13.0. The van der Waals surface area contributed by atoms with Crippen molar-refractivity contribution in [3.8, 4) is 5.75 Å². The van der Waals surface area contributed by atoms with E-state index in [0.29, 0.717) is 17.0 Å². The topological polar surface area (TPSA) is 64.3 Å². The fourth-order valence-corrected chi connectivity index (χ4v) is 3.99. The molecule has 26 heavy (non-hydrogen) atoms. The van der Waals surface area contributed by atoms with Gasteiger partial charge in [0, 0.05) is 14.6 Å². The van der Waals surface area contributed by atoms with E-state index in [9.17, 15) is 4.79 Å². The lowest BCUT2D eigenvalue weighted by molar-refractivity contribution is 0.102. The van der Waals surface area contributed by atoms with Gasteiger partial charge in [-0.3, -0.25) is 4.79 Å². The van der Waals surface area contributed by atoms with Crippen LogP contribution in [-0.2, 0) is 0 Å². The van der Waals surface area contributed by atoms with Crippen LogP contribution in [-0.4, -0.2) is 13.0 Å². The highest BCUT2D eigenvalue weighted by Crippen LogP contribution is 2.40. The number of fused-ring (bicyclic) bond motifs is 1. The number of methoxy groups -OCH3 is 1. The first kappa shape index (κ1) is 18.7. The van der Waals surface area contributed by atoms with Gasteiger partial charge >= 0.3 is 0 Å².